The smallest absolute Gasteiger partial charge is 0.105 e. The lowest BCUT2D eigenvalue weighted by atomic mass is 10.5. The van der Waals surface area contributed by atoms with Crippen LogP contribution in [0.3, 0.4) is 0 Å². The van der Waals surface area contributed by atoms with Crippen LogP contribution < -0.4 is 0 Å². The molecular formula is C7H12O2. The van der Waals surface area contributed by atoms with Crippen LogP contribution in [-0.2, 0) is 4.74 Å². The van der Waals surface area contributed by atoms with Gasteiger partial charge in [0.05, 0.1) is 12.9 Å². The topological polar surface area (TPSA) is 29.5 Å². The highest BCUT2D eigenvalue weighted by Crippen LogP contribution is 1.78. The van der Waals surface area contributed by atoms with Gasteiger partial charge >= 0.3 is 0 Å². The van der Waals surface area contributed by atoms with Crippen LogP contribution in [0.15, 0.2) is 24.5 Å². The summed E-state index contributed by atoms with van der Waals surface area (Å²) in [5.74, 6) is 0. The Hall–Kier alpha value is -0.760. The predicted molar refractivity (Wildman–Crippen MR) is 37.0 cm³/mol. The number of rotatable bonds is 4. The summed E-state index contributed by atoms with van der Waals surface area (Å²) in [5.41, 5.74) is 0. The Morgan fingerprint density at radius 2 is 2.22 bits per heavy atom. The first-order valence-electron chi connectivity index (χ1n) is 2.90. The second-order valence-corrected chi connectivity index (χ2v) is 1.46. The van der Waals surface area contributed by atoms with Crippen LogP contribution in [0.2, 0.25) is 0 Å². The fourth-order valence-electron chi connectivity index (χ4n) is 0.318. The fourth-order valence-corrected chi connectivity index (χ4v) is 0.318. The third-order valence-corrected chi connectivity index (χ3v) is 0.726. The lowest BCUT2D eigenvalue weighted by molar-refractivity contribution is 0.279. The van der Waals surface area contributed by atoms with Gasteiger partial charge in [0.15, 0.2) is 0 Å². The van der Waals surface area contributed by atoms with Crippen LogP contribution in [0.5, 0.6) is 0 Å². The lowest BCUT2D eigenvalue weighted by Crippen LogP contribution is -1.80. The van der Waals surface area contributed by atoms with Crippen molar-refractivity contribution in [1.82, 2.24) is 0 Å². The third-order valence-electron chi connectivity index (χ3n) is 0.726. The molecule has 9 heavy (non-hydrogen) atoms. The molecular weight excluding hydrogens is 116 g/mol. The van der Waals surface area contributed by atoms with Crippen LogP contribution in [0.25, 0.3) is 0 Å². The van der Waals surface area contributed by atoms with Crippen molar-refractivity contribution in [1.29, 1.82) is 0 Å². The highest BCUT2D eigenvalue weighted by atomic mass is 16.5. The zero-order valence-corrected chi connectivity index (χ0v) is 5.58. The van der Waals surface area contributed by atoms with Crippen molar-refractivity contribution >= 4 is 0 Å². The minimum Gasteiger partial charge on any atom is -0.497 e. The monoisotopic (exact) mass is 128 g/mol. The van der Waals surface area contributed by atoms with Crippen LogP contribution in [0.1, 0.15) is 6.92 Å². The SMILES string of the molecule is CC=CCOC=CCO. The number of ether oxygens (including phenoxy) is 1. The maximum atomic E-state index is 8.24. The van der Waals surface area contributed by atoms with Crippen LogP contribution in [-0.4, -0.2) is 18.3 Å². The van der Waals surface area contributed by atoms with E-state index in [1.807, 2.05) is 19.1 Å². The second kappa shape index (κ2) is 7.24. The zero-order valence-electron chi connectivity index (χ0n) is 5.58. The van der Waals surface area contributed by atoms with Crippen molar-refractivity contribution in [2.75, 3.05) is 13.2 Å². The summed E-state index contributed by atoms with van der Waals surface area (Å²) in [5, 5.41) is 8.24. The van der Waals surface area contributed by atoms with Crippen molar-refractivity contribution < 1.29 is 9.84 Å². The van der Waals surface area contributed by atoms with Gasteiger partial charge in [-0.2, -0.15) is 0 Å². The van der Waals surface area contributed by atoms with E-state index in [4.69, 9.17) is 9.84 Å². The van der Waals surface area contributed by atoms with E-state index < -0.39 is 0 Å². The molecule has 0 spiro atoms. The minimum absolute atomic E-state index is 0.0375. The van der Waals surface area contributed by atoms with E-state index in [1.54, 1.807) is 6.08 Å². The van der Waals surface area contributed by atoms with Crippen molar-refractivity contribution in [3.63, 3.8) is 0 Å². The summed E-state index contributed by atoms with van der Waals surface area (Å²) in [4.78, 5) is 0. The highest BCUT2D eigenvalue weighted by molar-refractivity contribution is 4.79. The summed E-state index contributed by atoms with van der Waals surface area (Å²) in [7, 11) is 0. The van der Waals surface area contributed by atoms with E-state index in [2.05, 4.69) is 0 Å². The van der Waals surface area contributed by atoms with Gasteiger partial charge in [0.2, 0.25) is 0 Å². The van der Waals surface area contributed by atoms with E-state index in [9.17, 15) is 0 Å². The summed E-state index contributed by atoms with van der Waals surface area (Å²) in [6.45, 7) is 2.54. The Morgan fingerprint density at radius 1 is 1.44 bits per heavy atom. The van der Waals surface area contributed by atoms with Gasteiger partial charge in [0, 0.05) is 0 Å². The van der Waals surface area contributed by atoms with Crippen LogP contribution >= 0.6 is 0 Å². The molecule has 1 N–H and O–H groups in total. The molecule has 2 heteroatoms. The number of hydrogen-bond acceptors (Lipinski definition) is 2. The average Bonchev–Trinajstić information content (AvgIpc) is 1.89. The molecule has 0 heterocycles. The van der Waals surface area contributed by atoms with Gasteiger partial charge in [-0.05, 0) is 13.0 Å². The van der Waals surface area contributed by atoms with E-state index in [-0.39, 0.29) is 6.61 Å². The maximum Gasteiger partial charge on any atom is 0.105 e. The molecule has 0 saturated carbocycles. The van der Waals surface area contributed by atoms with E-state index >= 15 is 0 Å². The quantitative estimate of drug-likeness (QED) is 0.349. The molecule has 0 fully saturated rings. The molecule has 2 nitrogen and oxygen atoms in total. The molecule has 0 aliphatic heterocycles. The van der Waals surface area contributed by atoms with Crippen molar-refractivity contribution in [2.45, 2.75) is 6.92 Å². The molecule has 0 rings (SSSR count). The number of allylic oxidation sites excluding steroid dienone is 1. The summed E-state index contributed by atoms with van der Waals surface area (Å²) >= 11 is 0. The predicted octanol–water partition coefficient (Wildman–Crippen LogP) is 1.09. The molecule has 0 amide bonds. The first-order chi connectivity index (χ1) is 4.41. The Labute approximate surface area is 55.5 Å². The molecule has 0 unspecified atom stereocenters. The fraction of sp³-hybridized carbons (Fsp3) is 0.429. The summed E-state index contributed by atoms with van der Waals surface area (Å²) in [6, 6.07) is 0. The molecule has 0 saturated heterocycles. The second-order valence-electron chi connectivity index (χ2n) is 1.46. The standard InChI is InChI=1S/C7H12O2/c1-2-3-6-9-7-4-5-8/h2-4,7-8H,5-6H2,1H3. The molecule has 0 radical (unpaired) electrons. The molecule has 0 atom stereocenters. The molecule has 0 aromatic rings. The van der Waals surface area contributed by atoms with E-state index in [0.717, 1.165) is 0 Å². The van der Waals surface area contributed by atoms with Crippen molar-refractivity contribution in [3.05, 3.63) is 24.5 Å². The zero-order chi connectivity index (χ0) is 6.95. The Kier molecular flexibility index (Phi) is 6.63. The van der Waals surface area contributed by atoms with Crippen molar-refractivity contribution in [3.8, 4) is 0 Å². The van der Waals surface area contributed by atoms with Crippen LogP contribution in [0, 0.1) is 0 Å². The van der Waals surface area contributed by atoms with Gasteiger partial charge in [-0.15, -0.1) is 0 Å². The van der Waals surface area contributed by atoms with Gasteiger partial charge in [-0.25, -0.2) is 0 Å². The third kappa shape index (κ3) is 7.24. The maximum absolute atomic E-state index is 8.24. The van der Waals surface area contributed by atoms with Crippen LogP contribution in [0.4, 0.5) is 0 Å². The Balaban J connectivity index is 2.99. The molecule has 52 valence electrons. The Morgan fingerprint density at radius 3 is 2.78 bits per heavy atom. The van der Waals surface area contributed by atoms with Gasteiger partial charge in [0.25, 0.3) is 0 Å². The highest BCUT2D eigenvalue weighted by Gasteiger charge is 1.70. The van der Waals surface area contributed by atoms with Gasteiger partial charge in [-0.3, -0.25) is 0 Å². The normalized spacial score (nSPS) is 11.3. The molecule has 0 aromatic heterocycles. The van der Waals surface area contributed by atoms with Gasteiger partial charge < -0.3 is 9.84 Å². The number of aliphatic hydroxyl groups is 1. The molecule has 0 aromatic carbocycles. The Bertz CT molecular complexity index is 95.1. The first kappa shape index (κ1) is 8.24. The van der Waals surface area contributed by atoms with Crippen molar-refractivity contribution in [2.24, 2.45) is 0 Å². The average molecular weight is 128 g/mol. The van der Waals surface area contributed by atoms with Gasteiger partial charge in [-0.1, -0.05) is 12.2 Å². The van der Waals surface area contributed by atoms with Gasteiger partial charge in [0.1, 0.15) is 6.61 Å². The molecule has 0 aliphatic rings. The number of aliphatic hydroxyl groups excluding tert-OH is 1. The number of hydrogen-bond donors (Lipinski definition) is 1. The summed E-state index contributed by atoms with van der Waals surface area (Å²) < 4.78 is 4.89. The minimum atomic E-state index is 0.0375. The molecule has 0 aliphatic carbocycles. The summed E-state index contributed by atoms with van der Waals surface area (Å²) in [6.07, 6.45) is 6.83. The largest absolute Gasteiger partial charge is 0.497 e. The molecule has 0 bridgehead atoms. The van der Waals surface area contributed by atoms with E-state index in [0.29, 0.717) is 6.61 Å². The lowest BCUT2D eigenvalue weighted by Gasteiger charge is -1.90. The van der Waals surface area contributed by atoms with E-state index in [1.165, 1.54) is 6.26 Å². The first-order valence-corrected chi connectivity index (χ1v) is 2.90.